The first-order valence-corrected chi connectivity index (χ1v) is 7.47. The molecule has 0 bridgehead atoms. The molecule has 3 heteroatoms. The normalized spacial score (nSPS) is 12.3. The summed E-state index contributed by atoms with van der Waals surface area (Å²) in [7, 11) is 0. The molecule has 0 aliphatic heterocycles. The molecule has 0 aliphatic rings. The Kier molecular flexibility index (Phi) is 5.57. The minimum atomic E-state index is 0.230. The van der Waals surface area contributed by atoms with E-state index in [1.165, 1.54) is 11.1 Å². The lowest BCUT2D eigenvalue weighted by Crippen LogP contribution is -2.24. The molecule has 1 N–H and O–H groups in total. The van der Waals surface area contributed by atoms with Gasteiger partial charge in [-0.25, -0.2) is 0 Å². The van der Waals surface area contributed by atoms with Gasteiger partial charge in [0.1, 0.15) is 0 Å². The summed E-state index contributed by atoms with van der Waals surface area (Å²) in [5, 5.41) is 4.31. The molecule has 0 amide bonds. The summed E-state index contributed by atoms with van der Waals surface area (Å²) < 4.78 is 0. The van der Waals surface area contributed by atoms with Crippen LogP contribution in [-0.2, 0) is 6.42 Å². The van der Waals surface area contributed by atoms with E-state index in [0.29, 0.717) is 0 Å². The number of nitrogens with one attached hydrogen (secondary N) is 1. The second-order valence-corrected chi connectivity index (χ2v) is 5.50. The fourth-order valence-electron chi connectivity index (χ4n) is 2.24. The number of halogens is 1. The minimum Gasteiger partial charge on any atom is -0.310 e. The highest BCUT2D eigenvalue weighted by molar-refractivity contribution is 6.31. The molecular weight excluding hydrogens is 268 g/mol. The molecule has 106 valence electrons. The van der Waals surface area contributed by atoms with Gasteiger partial charge in [-0.05, 0) is 43.5 Å². The fraction of sp³-hybridized carbons (Fsp3) is 0.353. The number of nitrogens with zero attached hydrogens (tertiary/aromatic N) is 1. The van der Waals surface area contributed by atoms with Crippen LogP contribution in [0.3, 0.4) is 0 Å². The zero-order valence-corrected chi connectivity index (χ0v) is 12.8. The Morgan fingerprint density at radius 1 is 1.20 bits per heavy atom. The number of benzene rings is 1. The average Bonchev–Trinajstić information content (AvgIpc) is 2.46. The van der Waals surface area contributed by atoms with E-state index in [2.05, 4.69) is 48.4 Å². The molecule has 0 radical (unpaired) electrons. The average molecular weight is 289 g/mol. The maximum atomic E-state index is 6.29. The van der Waals surface area contributed by atoms with Crippen molar-refractivity contribution in [2.75, 3.05) is 6.54 Å². The number of rotatable bonds is 6. The number of hydrogen-bond donors (Lipinski definition) is 1. The SMILES string of the molecule is CCCNC(Cc1ccc(C)cc1)c1ccncc1Cl. The van der Waals surface area contributed by atoms with Gasteiger partial charge in [-0.15, -0.1) is 0 Å². The van der Waals surface area contributed by atoms with Crippen LogP contribution >= 0.6 is 11.6 Å². The lowest BCUT2D eigenvalue weighted by molar-refractivity contribution is 0.529. The van der Waals surface area contributed by atoms with Crippen LogP contribution in [0.25, 0.3) is 0 Å². The molecule has 20 heavy (non-hydrogen) atoms. The second kappa shape index (κ2) is 7.41. The maximum Gasteiger partial charge on any atom is 0.0637 e. The quantitative estimate of drug-likeness (QED) is 0.856. The van der Waals surface area contributed by atoms with Crippen LogP contribution < -0.4 is 5.32 Å². The largest absolute Gasteiger partial charge is 0.310 e. The zero-order valence-electron chi connectivity index (χ0n) is 12.1. The number of aryl methyl sites for hydroxylation is 1. The van der Waals surface area contributed by atoms with Crippen molar-refractivity contribution >= 4 is 11.6 Å². The minimum absolute atomic E-state index is 0.230. The Morgan fingerprint density at radius 3 is 2.60 bits per heavy atom. The van der Waals surface area contributed by atoms with Crippen LogP contribution in [0.5, 0.6) is 0 Å². The first-order chi connectivity index (χ1) is 9.70. The monoisotopic (exact) mass is 288 g/mol. The Labute approximate surface area is 126 Å². The van der Waals surface area contributed by atoms with Gasteiger partial charge >= 0.3 is 0 Å². The molecule has 2 rings (SSSR count). The second-order valence-electron chi connectivity index (χ2n) is 5.09. The maximum absolute atomic E-state index is 6.29. The van der Waals surface area contributed by atoms with Gasteiger partial charge in [-0.2, -0.15) is 0 Å². The molecule has 1 atom stereocenters. The Balaban J connectivity index is 2.19. The molecule has 2 aromatic rings. The molecule has 0 fully saturated rings. The lowest BCUT2D eigenvalue weighted by Gasteiger charge is -2.20. The van der Waals surface area contributed by atoms with Crippen molar-refractivity contribution in [2.24, 2.45) is 0 Å². The zero-order chi connectivity index (χ0) is 14.4. The summed E-state index contributed by atoms with van der Waals surface area (Å²) in [6, 6.07) is 10.9. The Bertz CT molecular complexity index is 537. The van der Waals surface area contributed by atoms with Crippen LogP contribution in [0.2, 0.25) is 5.02 Å². The van der Waals surface area contributed by atoms with E-state index in [-0.39, 0.29) is 6.04 Å². The summed E-state index contributed by atoms with van der Waals surface area (Å²) in [6.45, 7) is 5.26. The van der Waals surface area contributed by atoms with Gasteiger partial charge in [0.15, 0.2) is 0 Å². The molecule has 1 heterocycles. The number of pyridine rings is 1. The van der Waals surface area contributed by atoms with Crippen molar-refractivity contribution in [3.63, 3.8) is 0 Å². The molecule has 1 unspecified atom stereocenters. The molecule has 0 aliphatic carbocycles. The highest BCUT2D eigenvalue weighted by Gasteiger charge is 2.14. The third-order valence-electron chi connectivity index (χ3n) is 3.38. The molecule has 1 aromatic carbocycles. The van der Waals surface area contributed by atoms with Gasteiger partial charge < -0.3 is 5.32 Å². The van der Waals surface area contributed by atoms with E-state index in [9.17, 15) is 0 Å². The molecule has 1 aromatic heterocycles. The molecule has 0 saturated heterocycles. The Morgan fingerprint density at radius 2 is 1.95 bits per heavy atom. The van der Waals surface area contributed by atoms with Crippen LogP contribution in [0.15, 0.2) is 42.7 Å². The van der Waals surface area contributed by atoms with Crippen molar-refractivity contribution in [1.29, 1.82) is 0 Å². The van der Waals surface area contributed by atoms with Crippen molar-refractivity contribution in [3.05, 3.63) is 64.4 Å². The number of hydrogen-bond acceptors (Lipinski definition) is 2. The van der Waals surface area contributed by atoms with Gasteiger partial charge in [0.25, 0.3) is 0 Å². The third kappa shape index (κ3) is 4.06. The predicted molar refractivity (Wildman–Crippen MR) is 85.2 cm³/mol. The molecular formula is C17H21ClN2. The smallest absolute Gasteiger partial charge is 0.0637 e. The summed E-state index contributed by atoms with van der Waals surface area (Å²) in [6.07, 6.45) is 5.56. The highest BCUT2D eigenvalue weighted by atomic mass is 35.5. The highest BCUT2D eigenvalue weighted by Crippen LogP contribution is 2.25. The van der Waals surface area contributed by atoms with Crippen molar-refractivity contribution in [3.8, 4) is 0 Å². The van der Waals surface area contributed by atoms with E-state index < -0.39 is 0 Å². The standard InChI is InChI=1S/C17H21ClN2/c1-3-9-20-17(15-8-10-19-12-16(15)18)11-14-6-4-13(2)5-7-14/h4-8,10,12,17,20H,3,9,11H2,1-2H3. The lowest BCUT2D eigenvalue weighted by atomic mass is 9.99. The molecule has 0 saturated carbocycles. The van der Waals surface area contributed by atoms with Crippen LogP contribution in [0, 0.1) is 6.92 Å². The third-order valence-corrected chi connectivity index (χ3v) is 3.70. The van der Waals surface area contributed by atoms with E-state index in [4.69, 9.17) is 11.6 Å². The predicted octanol–water partition coefficient (Wildman–Crippen LogP) is 4.33. The van der Waals surface area contributed by atoms with Gasteiger partial charge in [0, 0.05) is 18.4 Å². The van der Waals surface area contributed by atoms with E-state index in [1.54, 1.807) is 12.4 Å². The van der Waals surface area contributed by atoms with E-state index in [0.717, 1.165) is 30.0 Å². The van der Waals surface area contributed by atoms with Crippen molar-refractivity contribution in [1.82, 2.24) is 10.3 Å². The van der Waals surface area contributed by atoms with Crippen LogP contribution in [0.4, 0.5) is 0 Å². The summed E-state index contributed by atoms with van der Waals surface area (Å²) in [5.74, 6) is 0. The first kappa shape index (κ1) is 15.0. The van der Waals surface area contributed by atoms with E-state index in [1.807, 2.05) is 6.07 Å². The van der Waals surface area contributed by atoms with Crippen LogP contribution in [0.1, 0.15) is 36.1 Å². The Hall–Kier alpha value is -1.38. The molecule has 2 nitrogen and oxygen atoms in total. The first-order valence-electron chi connectivity index (χ1n) is 7.09. The van der Waals surface area contributed by atoms with Crippen molar-refractivity contribution in [2.45, 2.75) is 32.7 Å². The van der Waals surface area contributed by atoms with Crippen LogP contribution in [-0.4, -0.2) is 11.5 Å². The summed E-state index contributed by atoms with van der Waals surface area (Å²) in [4.78, 5) is 4.07. The fourth-order valence-corrected chi connectivity index (χ4v) is 2.49. The van der Waals surface area contributed by atoms with E-state index >= 15 is 0 Å². The van der Waals surface area contributed by atoms with Gasteiger partial charge in [-0.1, -0.05) is 48.4 Å². The van der Waals surface area contributed by atoms with Gasteiger partial charge in [-0.3, -0.25) is 4.98 Å². The van der Waals surface area contributed by atoms with Gasteiger partial charge in [0.05, 0.1) is 5.02 Å². The summed E-state index contributed by atoms with van der Waals surface area (Å²) >= 11 is 6.29. The summed E-state index contributed by atoms with van der Waals surface area (Å²) in [5.41, 5.74) is 3.72. The van der Waals surface area contributed by atoms with Gasteiger partial charge in [0.2, 0.25) is 0 Å². The topological polar surface area (TPSA) is 24.9 Å². The number of aromatic nitrogens is 1. The molecule has 0 spiro atoms. The van der Waals surface area contributed by atoms with Crippen molar-refractivity contribution < 1.29 is 0 Å².